The van der Waals surface area contributed by atoms with Crippen LogP contribution in [0.3, 0.4) is 0 Å². The van der Waals surface area contributed by atoms with Crippen LogP contribution >= 0.6 is 0 Å². The normalized spacial score (nSPS) is 27.1. The van der Waals surface area contributed by atoms with Gasteiger partial charge in [0.05, 0.1) is 0 Å². The molecule has 2 saturated heterocycles. The Labute approximate surface area is 122 Å². The van der Waals surface area contributed by atoms with E-state index in [0.29, 0.717) is 0 Å². The Morgan fingerprint density at radius 1 is 1.30 bits per heavy atom. The number of amides is 1. The SMILES string of the molecule is CCN1CCC(N)C12CCN(C(=O)OC(C)(C)C)CC2. The van der Waals surface area contributed by atoms with Crippen LogP contribution in [0.25, 0.3) is 0 Å². The Morgan fingerprint density at radius 2 is 1.90 bits per heavy atom. The van der Waals surface area contributed by atoms with E-state index in [0.717, 1.165) is 45.4 Å². The Hall–Kier alpha value is -0.810. The first kappa shape index (κ1) is 15.6. The molecule has 2 aliphatic rings. The highest BCUT2D eigenvalue weighted by Gasteiger charge is 2.48. The summed E-state index contributed by atoms with van der Waals surface area (Å²) in [5, 5.41) is 0. The van der Waals surface area contributed by atoms with Gasteiger partial charge in [-0.1, -0.05) is 6.92 Å². The molecule has 0 aromatic heterocycles. The molecule has 0 aromatic rings. The molecule has 0 aromatic carbocycles. The molecule has 0 saturated carbocycles. The van der Waals surface area contributed by atoms with Crippen molar-refractivity contribution >= 4 is 6.09 Å². The van der Waals surface area contributed by atoms with Crippen molar-refractivity contribution < 1.29 is 9.53 Å². The number of hydrogen-bond acceptors (Lipinski definition) is 4. The van der Waals surface area contributed by atoms with Gasteiger partial charge in [0.1, 0.15) is 5.60 Å². The largest absolute Gasteiger partial charge is 0.444 e. The van der Waals surface area contributed by atoms with E-state index in [1.54, 1.807) is 0 Å². The lowest BCUT2D eigenvalue weighted by Crippen LogP contribution is -2.60. The van der Waals surface area contributed by atoms with Crippen molar-refractivity contribution in [2.24, 2.45) is 5.73 Å². The molecule has 5 nitrogen and oxygen atoms in total. The number of hydrogen-bond donors (Lipinski definition) is 1. The topological polar surface area (TPSA) is 58.8 Å². The predicted molar refractivity (Wildman–Crippen MR) is 79.6 cm³/mol. The van der Waals surface area contributed by atoms with E-state index >= 15 is 0 Å². The van der Waals surface area contributed by atoms with E-state index in [-0.39, 0.29) is 17.7 Å². The number of piperidine rings is 1. The molecule has 5 heteroatoms. The van der Waals surface area contributed by atoms with E-state index < -0.39 is 5.60 Å². The number of nitrogens with two attached hydrogens (primary N) is 1. The number of likely N-dealkylation sites (tertiary alicyclic amines) is 2. The molecular weight excluding hydrogens is 254 g/mol. The van der Waals surface area contributed by atoms with Crippen molar-refractivity contribution in [1.82, 2.24) is 9.80 Å². The Kier molecular flexibility index (Phi) is 4.30. The van der Waals surface area contributed by atoms with Gasteiger partial charge in [0.2, 0.25) is 0 Å². The summed E-state index contributed by atoms with van der Waals surface area (Å²) >= 11 is 0. The fraction of sp³-hybridized carbons (Fsp3) is 0.933. The molecule has 2 fully saturated rings. The maximum Gasteiger partial charge on any atom is 0.410 e. The van der Waals surface area contributed by atoms with Crippen molar-refractivity contribution in [1.29, 1.82) is 0 Å². The fourth-order valence-electron chi connectivity index (χ4n) is 3.58. The lowest BCUT2D eigenvalue weighted by atomic mass is 9.81. The van der Waals surface area contributed by atoms with Gasteiger partial charge in [-0.15, -0.1) is 0 Å². The first-order valence-electron chi connectivity index (χ1n) is 7.77. The molecule has 1 unspecified atom stereocenters. The van der Waals surface area contributed by atoms with Crippen molar-refractivity contribution in [3.63, 3.8) is 0 Å². The van der Waals surface area contributed by atoms with Gasteiger partial charge < -0.3 is 15.4 Å². The summed E-state index contributed by atoms with van der Waals surface area (Å²) < 4.78 is 5.45. The van der Waals surface area contributed by atoms with Crippen LogP contribution < -0.4 is 5.73 Å². The zero-order chi connectivity index (χ0) is 15.0. The zero-order valence-electron chi connectivity index (χ0n) is 13.3. The first-order chi connectivity index (χ1) is 9.28. The molecule has 20 heavy (non-hydrogen) atoms. The van der Waals surface area contributed by atoms with Crippen molar-refractivity contribution in [2.75, 3.05) is 26.2 Å². The second-order valence-electron chi connectivity index (χ2n) is 7.05. The molecule has 1 amide bonds. The first-order valence-corrected chi connectivity index (χ1v) is 7.77. The molecule has 1 atom stereocenters. The van der Waals surface area contributed by atoms with Crippen LogP contribution in [-0.2, 0) is 4.74 Å². The smallest absolute Gasteiger partial charge is 0.410 e. The maximum atomic E-state index is 12.1. The van der Waals surface area contributed by atoms with E-state index in [9.17, 15) is 4.79 Å². The third-order valence-electron chi connectivity index (χ3n) is 4.69. The van der Waals surface area contributed by atoms with Crippen LogP contribution in [0.1, 0.15) is 47.0 Å². The molecule has 116 valence electrons. The number of carbonyl (C=O) groups is 1. The van der Waals surface area contributed by atoms with Gasteiger partial charge >= 0.3 is 6.09 Å². The standard InChI is InChI=1S/C15H29N3O2/c1-5-18-9-6-12(16)15(18)7-10-17(11-8-15)13(19)20-14(2,3)4/h12H,5-11,16H2,1-4H3. The van der Waals surface area contributed by atoms with Gasteiger partial charge in [0.25, 0.3) is 0 Å². The molecule has 0 bridgehead atoms. The van der Waals surface area contributed by atoms with Gasteiger partial charge in [-0.2, -0.15) is 0 Å². The quantitative estimate of drug-likeness (QED) is 0.797. The van der Waals surface area contributed by atoms with E-state index in [4.69, 9.17) is 10.5 Å². The highest BCUT2D eigenvalue weighted by Crippen LogP contribution is 2.37. The molecule has 2 rings (SSSR count). The average molecular weight is 283 g/mol. The van der Waals surface area contributed by atoms with E-state index in [1.165, 1.54) is 0 Å². The lowest BCUT2D eigenvalue weighted by Gasteiger charge is -2.47. The van der Waals surface area contributed by atoms with Crippen molar-refractivity contribution in [3.8, 4) is 0 Å². The minimum Gasteiger partial charge on any atom is -0.444 e. The second kappa shape index (κ2) is 5.53. The second-order valence-corrected chi connectivity index (χ2v) is 7.05. The van der Waals surface area contributed by atoms with Gasteiger partial charge in [-0.25, -0.2) is 4.79 Å². The maximum absolute atomic E-state index is 12.1. The molecular formula is C15H29N3O2. The molecule has 2 heterocycles. The Morgan fingerprint density at radius 3 is 2.40 bits per heavy atom. The van der Waals surface area contributed by atoms with Gasteiger partial charge in [0.15, 0.2) is 0 Å². The minimum atomic E-state index is -0.425. The van der Waals surface area contributed by atoms with Gasteiger partial charge in [-0.05, 0) is 46.6 Å². The summed E-state index contributed by atoms with van der Waals surface area (Å²) in [6.07, 6.45) is 2.80. The monoisotopic (exact) mass is 283 g/mol. The molecule has 0 radical (unpaired) electrons. The molecule has 0 aliphatic carbocycles. The Bertz CT molecular complexity index is 357. The summed E-state index contributed by atoms with van der Waals surface area (Å²) in [6, 6.07) is 0.239. The van der Waals surface area contributed by atoms with Gasteiger partial charge in [-0.3, -0.25) is 4.90 Å². The molecule has 1 spiro atoms. The Balaban J connectivity index is 1.96. The minimum absolute atomic E-state index is 0.104. The summed E-state index contributed by atoms with van der Waals surface area (Å²) in [6.45, 7) is 11.5. The highest BCUT2D eigenvalue weighted by atomic mass is 16.6. The summed E-state index contributed by atoms with van der Waals surface area (Å²) in [7, 11) is 0. The summed E-state index contributed by atoms with van der Waals surface area (Å²) in [5.74, 6) is 0. The fourth-order valence-corrected chi connectivity index (χ4v) is 3.58. The van der Waals surface area contributed by atoms with E-state index in [2.05, 4.69) is 11.8 Å². The van der Waals surface area contributed by atoms with Crippen molar-refractivity contribution in [2.45, 2.75) is 64.1 Å². The predicted octanol–water partition coefficient (Wildman–Crippen LogP) is 1.81. The van der Waals surface area contributed by atoms with Crippen LogP contribution in [0.15, 0.2) is 0 Å². The van der Waals surface area contributed by atoms with Crippen molar-refractivity contribution in [3.05, 3.63) is 0 Å². The number of rotatable bonds is 1. The van der Waals surface area contributed by atoms with E-state index in [1.807, 2.05) is 25.7 Å². The van der Waals surface area contributed by atoms with Crippen LogP contribution in [0, 0.1) is 0 Å². The number of ether oxygens (including phenoxy) is 1. The summed E-state index contributed by atoms with van der Waals surface area (Å²) in [4.78, 5) is 16.4. The van der Waals surface area contributed by atoms with Crippen LogP contribution in [0.2, 0.25) is 0 Å². The molecule has 2 aliphatic heterocycles. The number of nitrogens with zero attached hydrogens (tertiary/aromatic N) is 2. The average Bonchev–Trinajstić information content (AvgIpc) is 2.65. The summed E-state index contributed by atoms with van der Waals surface area (Å²) in [5.41, 5.74) is 6.04. The third kappa shape index (κ3) is 2.93. The van der Waals surface area contributed by atoms with Crippen LogP contribution in [0.5, 0.6) is 0 Å². The third-order valence-corrected chi connectivity index (χ3v) is 4.69. The lowest BCUT2D eigenvalue weighted by molar-refractivity contribution is 0.00118. The van der Waals surface area contributed by atoms with Crippen LogP contribution in [0.4, 0.5) is 4.79 Å². The molecule has 2 N–H and O–H groups in total. The highest BCUT2D eigenvalue weighted by molar-refractivity contribution is 5.68. The van der Waals surface area contributed by atoms with Crippen LogP contribution in [-0.4, -0.2) is 59.3 Å². The van der Waals surface area contributed by atoms with Gasteiger partial charge in [0, 0.05) is 31.2 Å². The number of likely N-dealkylation sites (N-methyl/N-ethyl adjacent to an activating group) is 1. The number of carbonyl (C=O) groups excluding carboxylic acids is 1. The zero-order valence-corrected chi connectivity index (χ0v) is 13.3.